The van der Waals surface area contributed by atoms with Crippen LogP contribution in [0.2, 0.25) is 0 Å². The maximum Gasteiger partial charge on any atom is 0.326 e. The van der Waals surface area contributed by atoms with Crippen molar-refractivity contribution in [2.45, 2.75) is 50.5 Å². The number of carbonyl (C=O) groups is 3. The Morgan fingerprint density at radius 3 is 2.39 bits per heavy atom. The van der Waals surface area contributed by atoms with Gasteiger partial charge in [0.1, 0.15) is 17.9 Å². The monoisotopic (exact) mass is 472 g/mol. The van der Waals surface area contributed by atoms with E-state index in [1.807, 2.05) is 30.3 Å². The van der Waals surface area contributed by atoms with Gasteiger partial charge in [-0.3, -0.25) is 14.2 Å². The van der Waals surface area contributed by atoms with Gasteiger partial charge in [-0.2, -0.15) is 0 Å². The Hall–Kier alpha value is -2.96. The molecule has 0 aromatic heterocycles. The minimum absolute atomic E-state index is 0.326. The minimum Gasteiger partial charge on any atom is -0.480 e. The van der Waals surface area contributed by atoms with Gasteiger partial charge in [-0.05, 0) is 50.3 Å². The second kappa shape index (κ2) is 11.8. The Labute approximate surface area is 193 Å². The highest BCUT2D eigenvalue weighted by Gasteiger charge is 2.37. The third-order valence-corrected chi connectivity index (χ3v) is 7.24. The molecule has 0 aliphatic carbocycles. The van der Waals surface area contributed by atoms with Crippen LogP contribution in [-0.2, 0) is 25.1 Å². The number of hydrogen-bond donors (Lipinski definition) is 2. The van der Waals surface area contributed by atoms with Crippen LogP contribution in [0.3, 0.4) is 0 Å². The summed E-state index contributed by atoms with van der Waals surface area (Å²) in [6, 6.07) is 17.3. The van der Waals surface area contributed by atoms with Crippen LogP contribution < -0.4 is 5.32 Å². The SMILES string of the molecule is C[C@H](O[PH](=O)C(CCc1ccccc1)NC(=O)c1ccccc1)C(=O)N1CCC[C@H]1C(=O)O. The van der Waals surface area contributed by atoms with E-state index in [1.165, 1.54) is 11.8 Å². The zero-order valence-electron chi connectivity index (χ0n) is 18.5. The summed E-state index contributed by atoms with van der Waals surface area (Å²) in [7, 11) is -2.89. The van der Waals surface area contributed by atoms with Crippen molar-refractivity contribution in [3.8, 4) is 0 Å². The van der Waals surface area contributed by atoms with Crippen LogP contribution in [-0.4, -0.2) is 52.3 Å². The van der Waals surface area contributed by atoms with Crippen LogP contribution in [0.25, 0.3) is 0 Å². The summed E-state index contributed by atoms with van der Waals surface area (Å²) in [5.74, 6) is -2.72. The fourth-order valence-electron chi connectivity index (χ4n) is 3.86. The van der Waals surface area contributed by atoms with Gasteiger partial charge >= 0.3 is 5.97 Å². The van der Waals surface area contributed by atoms with Gasteiger partial charge in [-0.25, -0.2) is 4.79 Å². The van der Waals surface area contributed by atoms with Crippen LogP contribution in [0, 0.1) is 0 Å². The van der Waals surface area contributed by atoms with E-state index in [1.54, 1.807) is 30.3 Å². The molecule has 3 rings (SSSR count). The molecule has 1 saturated heterocycles. The first-order chi connectivity index (χ1) is 15.9. The Morgan fingerprint density at radius 1 is 1.12 bits per heavy atom. The second-order valence-corrected chi connectivity index (χ2v) is 9.59. The summed E-state index contributed by atoms with van der Waals surface area (Å²) < 4.78 is 18.7. The lowest BCUT2D eigenvalue weighted by Crippen LogP contribution is -2.45. The predicted molar refractivity (Wildman–Crippen MR) is 124 cm³/mol. The van der Waals surface area contributed by atoms with E-state index in [-0.39, 0.29) is 5.91 Å². The highest BCUT2D eigenvalue weighted by molar-refractivity contribution is 7.40. The number of aliphatic carboxylic acids is 1. The molecule has 0 saturated carbocycles. The summed E-state index contributed by atoms with van der Waals surface area (Å²) in [5.41, 5.74) is 1.46. The molecule has 176 valence electrons. The fourth-order valence-corrected chi connectivity index (χ4v) is 5.11. The lowest BCUT2D eigenvalue weighted by atomic mass is 10.1. The molecule has 4 atom stereocenters. The van der Waals surface area contributed by atoms with Crippen molar-refractivity contribution in [2.24, 2.45) is 0 Å². The molecule has 33 heavy (non-hydrogen) atoms. The quantitative estimate of drug-likeness (QED) is 0.513. The van der Waals surface area contributed by atoms with E-state index < -0.39 is 37.8 Å². The largest absolute Gasteiger partial charge is 0.480 e. The van der Waals surface area contributed by atoms with Crippen LogP contribution in [0.1, 0.15) is 42.1 Å². The molecule has 2 N–H and O–H groups in total. The van der Waals surface area contributed by atoms with Crippen molar-refractivity contribution in [1.82, 2.24) is 10.2 Å². The topological polar surface area (TPSA) is 113 Å². The Balaban J connectivity index is 1.68. The van der Waals surface area contributed by atoms with Crippen LogP contribution in [0.5, 0.6) is 0 Å². The van der Waals surface area contributed by atoms with Crippen LogP contribution in [0.4, 0.5) is 0 Å². The van der Waals surface area contributed by atoms with Crippen molar-refractivity contribution >= 4 is 25.8 Å². The highest BCUT2D eigenvalue weighted by atomic mass is 31.1. The molecule has 8 nitrogen and oxygen atoms in total. The number of nitrogens with zero attached hydrogens (tertiary/aromatic N) is 1. The first-order valence-corrected chi connectivity index (χ1v) is 12.4. The lowest BCUT2D eigenvalue weighted by molar-refractivity contribution is -0.150. The molecule has 1 aliphatic heterocycles. The normalized spacial score (nSPS) is 18.3. The van der Waals surface area contributed by atoms with Crippen LogP contribution in [0.15, 0.2) is 60.7 Å². The Kier molecular flexibility index (Phi) is 8.80. The number of carboxylic acids is 1. The smallest absolute Gasteiger partial charge is 0.326 e. The van der Waals surface area contributed by atoms with Gasteiger partial charge in [0.25, 0.3) is 11.8 Å². The third-order valence-electron chi connectivity index (χ3n) is 5.65. The number of likely N-dealkylation sites (tertiary alicyclic amines) is 1. The number of nitrogens with one attached hydrogen (secondary N) is 1. The van der Waals surface area contributed by atoms with Gasteiger partial charge < -0.3 is 19.8 Å². The number of carboxylic acid groups (broad SMARTS) is 1. The molecule has 1 heterocycles. The molecule has 1 aliphatic rings. The molecule has 0 bridgehead atoms. The molecule has 2 aromatic rings. The van der Waals surface area contributed by atoms with E-state index in [2.05, 4.69) is 5.32 Å². The molecule has 0 spiro atoms. The molecular weight excluding hydrogens is 443 g/mol. The van der Waals surface area contributed by atoms with Gasteiger partial charge in [-0.15, -0.1) is 0 Å². The zero-order valence-corrected chi connectivity index (χ0v) is 19.5. The third kappa shape index (κ3) is 6.76. The summed E-state index contributed by atoms with van der Waals surface area (Å²) in [6.07, 6.45) is 0.829. The summed E-state index contributed by atoms with van der Waals surface area (Å²) in [4.78, 5) is 38.1. The average molecular weight is 472 g/mol. The highest BCUT2D eigenvalue weighted by Crippen LogP contribution is 2.34. The Morgan fingerprint density at radius 2 is 1.76 bits per heavy atom. The number of rotatable bonds is 10. The number of aryl methyl sites for hydroxylation is 1. The van der Waals surface area contributed by atoms with E-state index in [9.17, 15) is 24.1 Å². The first kappa shape index (κ1) is 24.7. The maximum atomic E-state index is 13.1. The number of hydrogen-bond acceptors (Lipinski definition) is 5. The summed E-state index contributed by atoms with van der Waals surface area (Å²) in [5, 5.41) is 12.1. The van der Waals surface area contributed by atoms with Crippen molar-refractivity contribution in [1.29, 1.82) is 0 Å². The van der Waals surface area contributed by atoms with Crippen molar-refractivity contribution < 1.29 is 28.6 Å². The fraction of sp³-hybridized carbons (Fsp3) is 0.375. The van der Waals surface area contributed by atoms with Gasteiger partial charge in [0.2, 0.25) is 8.03 Å². The maximum absolute atomic E-state index is 13.1. The van der Waals surface area contributed by atoms with Crippen molar-refractivity contribution in [2.75, 3.05) is 6.54 Å². The Bertz CT molecular complexity index is 985. The van der Waals surface area contributed by atoms with E-state index in [0.717, 1.165) is 5.56 Å². The van der Waals surface area contributed by atoms with Crippen molar-refractivity contribution in [3.63, 3.8) is 0 Å². The molecule has 2 unspecified atom stereocenters. The summed E-state index contributed by atoms with van der Waals surface area (Å²) >= 11 is 0. The average Bonchev–Trinajstić information content (AvgIpc) is 3.32. The van der Waals surface area contributed by atoms with Gasteiger partial charge in [-0.1, -0.05) is 48.5 Å². The minimum atomic E-state index is -2.89. The number of benzene rings is 2. The van der Waals surface area contributed by atoms with Crippen molar-refractivity contribution in [3.05, 3.63) is 71.8 Å². The summed E-state index contributed by atoms with van der Waals surface area (Å²) in [6.45, 7) is 1.79. The lowest BCUT2D eigenvalue weighted by Gasteiger charge is -2.26. The number of carbonyl (C=O) groups excluding carboxylic acids is 2. The molecule has 2 amide bonds. The van der Waals surface area contributed by atoms with E-state index >= 15 is 0 Å². The standard InChI is InChI=1S/C24H29N2O6P/c1-17(23(28)26-16-8-13-20(26)24(29)30)32-33(31)21(15-14-18-9-4-2-5-10-18)25-22(27)19-11-6-3-7-12-19/h2-7,9-12,17,20-21,33H,8,13-16H2,1H3,(H,25,27)(H,29,30)/t17-,20-,21?/m0/s1. The number of amides is 2. The van der Waals surface area contributed by atoms with E-state index in [4.69, 9.17) is 4.52 Å². The second-order valence-electron chi connectivity index (χ2n) is 8.02. The molecule has 2 aromatic carbocycles. The van der Waals surface area contributed by atoms with E-state index in [0.29, 0.717) is 37.8 Å². The molecule has 0 radical (unpaired) electrons. The predicted octanol–water partition coefficient (Wildman–Crippen LogP) is 3.33. The molecule has 9 heteroatoms. The first-order valence-electron chi connectivity index (χ1n) is 11.0. The molecular formula is C24H29N2O6P. The zero-order chi connectivity index (χ0) is 23.8. The molecule has 1 fully saturated rings. The van der Waals surface area contributed by atoms with Crippen LogP contribution >= 0.6 is 8.03 Å². The van der Waals surface area contributed by atoms with Gasteiger partial charge in [0.05, 0.1) is 0 Å². The van der Waals surface area contributed by atoms with Gasteiger partial charge in [0, 0.05) is 12.1 Å². The van der Waals surface area contributed by atoms with Gasteiger partial charge in [0.15, 0.2) is 0 Å².